The molecule has 0 N–H and O–H groups in total. The second kappa shape index (κ2) is 6.01. The molecule has 1 aromatic rings. The van der Waals surface area contributed by atoms with Crippen molar-refractivity contribution in [2.75, 3.05) is 7.11 Å². The lowest BCUT2D eigenvalue weighted by molar-refractivity contribution is 0.404. The summed E-state index contributed by atoms with van der Waals surface area (Å²) in [6, 6.07) is 9.31. The summed E-state index contributed by atoms with van der Waals surface area (Å²) < 4.78 is 4.98. The van der Waals surface area contributed by atoms with Gasteiger partial charge in [0.15, 0.2) is 5.16 Å². The highest BCUT2D eigenvalue weighted by atomic mass is 35.5. The van der Waals surface area contributed by atoms with Gasteiger partial charge in [0.05, 0.1) is 7.11 Å². The van der Waals surface area contributed by atoms with Crippen LogP contribution in [-0.2, 0) is 4.74 Å². The van der Waals surface area contributed by atoms with E-state index in [0.717, 1.165) is 5.56 Å². The van der Waals surface area contributed by atoms with E-state index in [2.05, 4.69) is 4.99 Å². The molecule has 80 valence electrons. The molecular formula is C10H8Cl3NO. The van der Waals surface area contributed by atoms with Crippen molar-refractivity contribution in [3.63, 3.8) is 0 Å². The van der Waals surface area contributed by atoms with E-state index in [1.165, 1.54) is 7.11 Å². The molecule has 2 nitrogen and oxygen atoms in total. The third-order valence-corrected chi connectivity index (χ3v) is 2.39. The number of hydrogen-bond donors (Lipinski definition) is 0. The lowest BCUT2D eigenvalue weighted by Crippen LogP contribution is -2.03. The van der Waals surface area contributed by atoms with E-state index in [1.54, 1.807) is 0 Å². The molecule has 15 heavy (non-hydrogen) atoms. The van der Waals surface area contributed by atoms with Gasteiger partial charge in [-0.15, -0.1) is 0 Å². The van der Waals surface area contributed by atoms with Crippen molar-refractivity contribution in [1.82, 2.24) is 0 Å². The van der Waals surface area contributed by atoms with Crippen LogP contribution in [0.2, 0.25) is 0 Å². The first-order valence-corrected chi connectivity index (χ1v) is 5.17. The van der Waals surface area contributed by atoms with Gasteiger partial charge >= 0.3 is 0 Å². The van der Waals surface area contributed by atoms with Gasteiger partial charge in [-0.05, 0) is 12.1 Å². The number of methoxy groups -OCH3 is 1. The predicted octanol–water partition coefficient (Wildman–Crippen LogP) is 3.92. The van der Waals surface area contributed by atoms with Crippen LogP contribution in [0.15, 0.2) is 45.0 Å². The minimum absolute atomic E-state index is 0.000892. The molecule has 0 amide bonds. The summed E-state index contributed by atoms with van der Waals surface area (Å²) in [5.74, 6) is 0.361. The van der Waals surface area contributed by atoms with E-state index in [4.69, 9.17) is 39.5 Å². The molecule has 0 aliphatic heterocycles. The fourth-order valence-corrected chi connectivity index (χ4v) is 1.10. The summed E-state index contributed by atoms with van der Waals surface area (Å²) in [6.45, 7) is 0. The van der Waals surface area contributed by atoms with E-state index in [-0.39, 0.29) is 9.65 Å². The molecule has 0 spiro atoms. The highest BCUT2D eigenvalue weighted by molar-refractivity contribution is 6.59. The second-order valence-corrected chi connectivity index (χ2v) is 3.85. The van der Waals surface area contributed by atoms with Gasteiger partial charge in [-0.1, -0.05) is 53.0 Å². The van der Waals surface area contributed by atoms with Crippen LogP contribution in [0.1, 0.15) is 5.56 Å². The van der Waals surface area contributed by atoms with E-state index in [9.17, 15) is 0 Å². The average Bonchev–Trinajstić information content (AvgIpc) is 2.26. The molecule has 0 atom stereocenters. The van der Waals surface area contributed by atoms with Gasteiger partial charge in [-0.2, -0.15) is 4.99 Å². The molecule has 0 bridgehead atoms. The molecule has 1 aromatic carbocycles. The molecule has 0 saturated carbocycles. The first-order chi connectivity index (χ1) is 7.15. The molecule has 0 radical (unpaired) electrons. The largest absolute Gasteiger partial charge is 0.481 e. The van der Waals surface area contributed by atoms with Gasteiger partial charge in [-0.3, -0.25) is 0 Å². The van der Waals surface area contributed by atoms with Crippen molar-refractivity contribution in [3.8, 4) is 0 Å². The Labute approximate surface area is 103 Å². The van der Waals surface area contributed by atoms with Crippen LogP contribution in [0, 0.1) is 0 Å². The minimum atomic E-state index is -0.0952. The van der Waals surface area contributed by atoms with Crippen LogP contribution < -0.4 is 0 Å². The fraction of sp³-hybridized carbons (Fsp3) is 0.100. The van der Waals surface area contributed by atoms with Crippen molar-refractivity contribution < 1.29 is 4.74 Å². The SMILES string of the molecule is CO/C(=N\C(Cl)=C(Cl)Cl)c1ccccc1. The average molecular weight is 265 g/mol. The zero-order valence-corrected chi connectivity index (χ0v) is 10.1. The number of rotatable bonds is 2. The highest BCUT2D eigenvalue weighted by Crippen LogP contribution is 2.19. The van der Waals surface area contributed by atoms with E-state index in [0.29, 0.717) is 5.90 Å². The standard InChI is InChI=1S/C10H8Cl3NO/c1-15-10(14-9(13)8(11)12)7-5-3-2-4-6-7/h2-6H,1H3/b14-10-. The maximum absolute atomic E-state index is 5.69. The Morgan fingerprint density at radius 2 is 1.73 bits per heavy atom. The van der Waals surface area contributed by atoms with Crippen molar-refractivity contribution >= 4 is 40.7 Å². The Balaban J connectivity index is 3.05. The van der Waals surface area contributed by atoms with E-state index >= 15 is 0 Å². The quantitative estimate of drug-likeness (QED) is 0.451. The van der Waals surface area contributed by atoms with Crippen molar-refractivity contribution in [2.45, 2.75) is 0 Å². The van der Waals surface area contributed by atoms with Crippen LogP contribution in [0.4, 0.5) is 0 Å². The van der Waals surface area contributed by atoms with Crippen LogP contribution in [0.5, 0.6) is 0 Å². The molecule has 0 unspecified atom stereocenters. The van der Waals surface area contributed by atoms with E-state index in [1.807, 2.05) is 30.3 Å². The van der Waals surface area contributed by atoms with Crippen LogP contribution in [-0.4, -0.2) is 13.0 Å². The van der Waals surface area contributed by atoms with Gasteiger partial charge < -0.3 is 4.74 Å². The van der Waals surface area contributed by atoms with Crippen molar-refractivity contribution in [1.29, 1.82) is 0 Å². The van der Waals surface area contributed by atoms with Crippen molar-refractivity contribution in [3.05, 3.63) is 45.5 Å². The molecular weight excluding hydrogens is 256 g/mol. The lowest BCUT2D eigenvalue weighted by atomic mass is 10.2. The maximum atomic E-state index is 5.69. The predicted molar refractivity (Wildman–Crippen MR) is 64.6 cm³/mol. The van der Waals surface area contributed by atoms with Crippen LogP contribution in [0.3, 0.4) is 0 Å². The van der Waals surface area contributed by atoms with Gasteiger partial charge in [0.25, 0.3) is 0 Å². The summed E-state index contributed by atoms with van der Waals surface area (Å²) in [5, 5.41) is -0.000892. The topological polar surface area (TPSA) is 21.6 Å². The number of ether oxygens (including phenoxy) is 1. The Bertz CT molecular complexity index is 383. The Morgan fingerprint density at radius 1 is 1.13 bits per heavy atom. The molecule has 1 rings (SSSR count). The molecule has 0 aromatic heterocycles. The normalized spacial score (nSPS) is 11.1. The molecule has 0 aliphatic carbocycles. The maximum Gasteiger partial charge on any atom is 0.221 e. The van der Waals surface area contributed by atoms with Gasteiger partial charge in [0.1, 0.15) is 4.49 Å². The molecule has 5 heteroatoms. The fourth-order valence-electron chi connectivity index (χ4n) is 0.940. The molecule has 0 fully saturated rings. The number of nitrogens with zero attached hydrogens (tertiary/aromatic N) is 1. The summed E-state index contributed by atoms with van der Waals surface area (Å²) in [6.07, 6.45) is 0. The first-order valence-electron chi connectivity index (χ1n) is 4.04. The first kappa shape index (κ1) is 12.4. The zero-order chi connectivity index (χ0) is 11.3. The summed E-state index contributed by atoms with van der Waals surface area (Å²) in [5.41, 5.74) is 0.799. The lowest BCUT2D eigenvalue weighted by Gasteiger charge is -2.03. The summed E-state index contributed by atoms with van der Waals surface area (Å²) >= 11 is 16.6. The van der Waals surface area contributed by atoms with Crippen LogP contribution >= 0.6 is 34.8 Å². The Kier molecular flexibility index (Phi) is 4.95. The summed E-state index contributed by atoms with van der Waals surface area (Å²) in [4.78, 5) is 3.94. The Hall–Kier alpha value is -0.700. The molecule has 0 heterocycles. The van der Waals surface area contributed by atoms with Gasteiger partial charge in [0, 0.05) is 5.56 Å². The van der Waals surface area contributed by atoms with Gasteiger partial charge in [0.2, 0.25) is 5.90 Å². The number of hydrogen-bond acceptors (Lipinski definition) is 2. The van der Waals surface area contributed by atoms with Crippen LogP contribution in [0.25, 0.3) is 0 Å². The molecule has 0 aliphatic rings. The number of halogens is 3. The number of benzene rings is 1. The van der Waals surface area contributed by atoms with Gasteiger partial charge in [-0.25, -0.2) is 0 Å². The van der Waals surface area contributed by atoms with Crippen molar-refractivity contribution in [2.24, 2.45) is 4.99 Å². The minimum Gasteiger partial charge on any atom is -0.481 e. The Morgan fingerprint density at radius 3 is 2.20 bits per heavy atom. The number of aliphatic imine (C=N–C) groups is 1. The second-order valence-electron chi connectivity index (χ2n) is 2.54. The zero-order valence-electron chi connectivity index (χ0n) is 7.88. The summed E-state index contributed by atoms with van der Waals surface area (Å²) in [7, 11) is 1.50. The van der Waals surface area contributed by atoms with E-state index < -0.39 is 0 Å². The third-order valence-electron chi connectivity index (χ3n) is 1.57. The highest BCUT2D eigenvalue weighted by Gasteiger charge is 2.04. The third kappa shape index (κ3) is 3.74. The smallest absolute Gasteiger partial charge is 0.221 e. The molecule has 0 saturated heterocycles. The monoisotopic (exact) mass is 263 g/mol.